The second-order valence-electron chi connectivity index (χ2n) is 3.87. The molecule has 12 heavy (non-hydrogen) atoms. The van der Waals surface area contributed by atoms with Gasteiger partial charge in [-0.3, -0.25) is 4.79 Å². The van der Waals surface area contributed by atoms with Gasteiger partial charge in [0.15, 0.2) is 0 Å². The fraction of sp³-hybridized carbons (Fsp3) is 0.875. The van der Waals surface area contributed by atoms with E-state index >= 15 is 0 Å². The molecule has 3 N–H and O–H groups in total. The van der Waals surface area contributed by atoms with Gasteiger partial charge < -0.3 is 11.1 Å². The Morgan fingerprint density at radius 1 is 1.58 bits per heavy atom. The molecule has 0 radical (unpaired) electrons. The van der Waals surface area contributed by atoms with Gasteiger partial charge in [0.05, 0.1) is 0 Å². The first kappa shape index (κ1) is 9.81. The van der Waals surface area contributed by atoms with Crippen molar-refractivity contribution < 1.29 is 4.79 Å². The van der Waals surface area contributed by atoms with Crippen molar-refractivity contribution in [3.8, 4) is 0 Å². The second kappa shape index (κ2) is 3.23. The Balaban J connectivity index is 0.000000720. The van der Waals surface area contributed by atoms with Gasteiger partial charge in [-0.25, -0.2) is 0 Å². The van der Waals surface area contributed by atoms with Gasteiger partial charge in [0.25, 0.3) is 0 Å². The molecule has 2 rings (SSSR count). The van der Waals surface area contributed by atoms with E-state index in [-0.39, 0.29) is 29.8 Å². The number of halogens is 1. The Morgan fingerprint density at radius 2 is 2.33 bits per heavy atom. The van der Waals surface area contributed by atoms with E-state index in [9.17, 15) is 4.79 Å². The number of carbonyl (C=O) groups excluding carboxylic acids is 1. The first-order valence-electron chi connectivity index (χ1n) is 4.26. The van der Waals surface area contributed by atoms with Crippen LogP contribution in [0, 0.1) is 5.92 Å². The third-order valence-electron chi connectivity index (χ3n) is 2.87. The number of hydrogen-bond donors (Lipinski definition) is 2. The summed E-state index contributed by atoms with van der Waals surface area (Å²) in [5, 5.41) is 2.86. The maximum atomic E-state index is 11.2. The first-order chi connectivity index (χ1) is 5.20. The number of nitrogens with one attached hydrogen (secondary N) is 1. The molecule has 2 bridgehead atoms. The molecule has 3 nitrogen and oxygen atoms in total. The highest BCUT2D eigenvalue weighted by atomic mass is 35.5. The maximum absolute atomic E-state index is 11.2. The lowest BCUT2D eigenvalue weighted by molar-refractivity contribution is -0.129. The van der Waals surface area contributed by atoms with Crippen molar-refractivity contribution in [3.05, 3.63) is 0 Å². The zero-order valence-corrected chi connectivity index (χ0v) is 7.82. The number of carbonyl (C=O) groups is 1. The lowest BCUT2D eigenvalue weighted by atomic mass is 9.73. The number of rotatable bonds is 0. The lowest BCUT2D eigenvalue weighted by Crippen LogP contribution is -2.59. The summed E-state index contributed by atoms with van der Waals surface area (Å²) in [6, 6.07) is 0. The molecule has 1 amide bonds. The Morgan fingerprint density at radius 3 is 3.00 bits per heavy atom. The molecule has 1 saturated carbocycles. The van der Waals surface area contributed by atoms with Gasteiger partial charge in [0.2, 0.25) is 5.91 Å². The number of fused-ring (bicyclic) bond motifs is 2. The minimum Gasteiger partial charge on any atom is -0.354 e. The van der Waals surface area contributed by atoms with Crippen molar-refractivity contribution in [2.45, 2.75) is 31.2 Å². The van der Waals surface area contributed by atoms with Crippen LogP contribution in [0.2, 0.25) is 0 Å². The zero-order valence-electron chi connectivity index (χ0n) is 7.01. The normalized spacial score (nSPS) is 39.8. The van der Waals surface area contributed by atoms with Crippen LogP contribution in [0.3, 0.4) is 0 Å². The standard InChI is InChI=1S/C8H14N2O.ClH/c9-8-3-1-2-6(4-8)7(11)10-5-8;/h6H,1-5,9H2,(H,10,11);1H. The zero-order chi connectivity index (χ0) is 7.90. The van der Waals surface area contributed by atoms with E-state index in [2.05, 4.69) is 5.32 Å². The summed E-state index contributed by atoms with van der Waals surface area (Å²) < 4.78 is 0. The van der Waals surface area contributed by atoms with Crippen molar-refractivity contribution in [3.63, 3.8) is 0 Å². The van der Waals surface area contributed by atoms with Crippen molar-refractivity contribution in [1.82, 2.24) is 5.32 Å². The van der Waals surface area contributed by atoms with Gasteiger partial charge in [-0.1, -0.05) is 6.42 Å². The van der Waals surface area contributed by atoms with Crippen LogP contribution in [-0.2, 0) is 4.79 Å². The van der Waals surface area contributed by atoms with Crippen LogP contribution in [0.15, 0.2) is 0 Å². The average Bonchev–Trinajstić information content (AvgIpc) is 1.99. The van der Waals surface area contributed by atoms with Crippen LogP contribution in [0.1, 0.15) is 25.7 Å². The molecule has 0 aromatic rings. The van der Waals surface area contributed by atoms with E-state index in [4.69, 9.17) is 5.73 Å². The smallest absolute Gasteiger partial charge is 0.223 e. The number of piperidine rings is 1. The molecule has 70 valence electrons. The van der Waals surface area contributed by atoms with Crippen LogP contribution < -0.4 is 11.1 Å². The monoisotopic (exact) mass is 190 g/mol. The quantitative estimate of drug-likeness (QED) is 0.582. The molecule has 2 atom stereocenters. The fourth-order valence-electron chi connectivity index (χ4n) is 2.19. The Hall–Kier alpha value is -0.280. The summed E-state index contributed by atoms with van der Waals surface area (Å²) in [6.45, 7) is 0.683. The van der Waals surface area contributed by atoms with Crippen LogP contribution in [0.4, 0.5) is 0 Å². The van der Waals surface area contributed by atoms with Gasteiger partial charge in [0.1, 0.15) is 0 Å². The van der Waals surface area contributed by atoms with E-state index < -0.39 is 0 Å². The van der Waals surface area contributed by atoms with Gasteiger partial charge in [-0.05, 0) is 19.3 Å². The van der Waals surface area contributed by atoms with Crippen molar-refractivity contribution in [2.24, 2.45) is 11.7 Å². The van der Waals surface area contributed by atoms with Crippen molar-refractivity contribution in [2.75, 3.05) is 6.54 Å². The predicted octanol–water partition coefficient (Wildman–Crippen LogP) is 0.426. The number of amides is 1. The highest BCUT2D eigenvalue weighted by molar-refractivity contribution is 5.85. The van der Waals surface area contributed by atoms with Gasteiger partial charge in [0, 0.05) is 18.0 Å². The molecule has 2 fully saturated rings. The molecule has 0 spiro atoms. The minimum absolute atomic E-state index is 0. The first-order valence-corrected chi connectivity index (χ1v) is 4.26. The van der Waals surface area contributed by atoms with E-state index in [1.165, 1.54) is 0 Å². The van der Waals surface area contributed by atoms with Crippen LogP contribution >= 0.6 is 12.4 Å². The SMILES string of the molecule is Cl.NC12CCCC(C1)C(=O)NC2. The fourth-order valence-corrected chi connectivity index (χ4v) is 2.19. The Labute approximate surface area is 78.5 Å². The molecule has 2 aliphatic rings. The molecule has 0 aromatic carbocycles. The molecule has 2 unspecified atom stereocenters. The summed E-state index contributed by atoms with van der Waals surface area (Å²) in [4.78, 5) is 11.2. The highest BCUT2D eigenvalue weighted by Gasteiger charge is 2.40. The second-order valence-corrected chi connectivity index (χ2v) is 3.87. The van der Waals surface area contributed by atoms with Crippen molar-refractivity contribution in [1.29, 1.82) is 0 Å². The molecule has 0 aromatic heterocycles. The lowest BCUT2D eigenvalue weighted by Gasteiger charge is -2.41. The molecule has 1 aliphatic heterocycles. The molecular weight excluding hydrogens is 176 g/mol. The van der Waals surface area contributed by atoms with E-state index in [0.29, 0.717) is 6.54 Å². The molecule has 1 aliphatic carbocycles. The summed E-state index contributed by atoms with van der Waals surface area (Å²) in [5.41, 5.74) is 5.97. The van der Waals surface area contributed by atoms with Gasteiger partial charge >= 0.3 is 0 Å². The summed E-state index contributed by atoms with van der Waals surface area (Å²) in [5.74, 6) is 0.424. The third-order valence-corrected chi connectivity index (χ3v) is 2.87. The molecule has 1 heterocycles. The van der Waals surface area contributed by atoms with Crippen molar-refractivity contribution >= 4 is 18.3 Å². The van der Waals surface area contributed by atoms with E-state index in [1.54, 1.807) is 0 Å². The predicted molar refractivity (Wildman–Crippen MR) is 49.1 cm³/mol. The van der Waals surface area contributed by atoms with Crippen LogP contribution in [0.25, 0.3) is 0 Å². The van der Waals surface area contributed by atoms with E-state index in [0.717, 1.165) is 25.7 Å². The summed E-state index contributed by atoms with van der Waals surface area (Å²) in [7, 11) is 0. The maximum Gasteiger partial charge on any atom is 0.223 e. The molecule has 4 heteroatoms. The molecular formula is C8H15ClN2O. The Kier molecular flexibility index (Phi) is 2.64. The average molecular weight is 191 g/mol. The Bertz CT molecular complexity index is 197. The molecule has 1 saturated heterocycles. The minimum atomic E-state index is -0.0726. The van der Waals surface area contributed by atoms with Crippen LogP contribution in [-0.4, -0.2) is 18.0 Å². The largest absolute Gasteiger partial charge is 0.354 e. The summed E-state index contributed by atoms with van der Waals surface area (Å²) >= 11 is 0. The van der Waals surface area contributed by atoms with Crippen LogP contribution in [0.5, 0.6) is 0 Å². The summed E-state index contributed by atoms with van der Waals surface area (Å²) in [6.07, 6.45) is 4.13. The van der Waals surface area contributed by atoms with Gasteiger partial charge in [-0.15, -0.1) is 12.4 Å². The van der Waals surface area contributed by atoms with E-state index in [1.807, 2.05) is 0 Å². The van der Waals surface area contributed by atoms with Gasteiger partial charge in [-0.2, -0.15) is 0 Å². The topological polar surface area (TPSA) is 55.1 Å². The highest BCUT2D eigenvalue weighted by Crippen LogP contribution is 2.33. The third kappa shape index (κ3) is 1.57. The number of hydrogen-bond acceptors (Lipinski definition) is 2. The number of nitrogens with two attached hydrogens (primary N) is 1.